The van der Waals surface area contributed by atoms with E-state index in [9.17, 15) is 19.0 Å². The fourth-order valence-electron chi connectivity index (χ4n) is 5.35. The molecule has 0 aromatic carbocycles. The smallest absolute Gasteiger partial charge is 0.306 e. The van der Waals surface area contributed by atoms with E-state index in [4.69, 9.17) is 18.5 Å². The van der Waals surface area contributed by atoms with Crippen LogP contribution in [0, 0.1) is 0 Å². The van der Waals surface area contributed by atoms with Crippen LogP contribution < -0.4 is 4.89 Å². The van der Waals surface area contributed by atoms with E-state index in [1.54, 1.807) is 0 Å². The van der Waals surface area contributed by atoms with Crippen LogP contribution in [0.1, 0.15) is 174 Å². The number of hydrogen-bond acceptors (Lipinski definition) is 8. The molecule has 0 saturated heterocycles. The number of phosphoric ester groups is 1. The molecule has 0 fully saturated rings. The van der Waals surface area contributed by atoms with Gasteiger partial charge in [0.05, 0.1) is 27.7 Å². The molecule has 0 aromatic heterocycles. The van der Waals surface area contributed by atoms with Gasteiger partial charge in [-0.1, -0.05) is 135 Å². The summed E-state index contributed by atoms with van der Waals surface area (Å²) in [5, 5.41) is 0. The lowest BCUT2D eigenvalue weighted by Crippen LogP contribution is -2.37. The van der Waals surface area contributed by atoms with Gasteiger partial charge in [-0.3, -0.25) is 14.2 Å². The van der Waals surface area contributed by atoms with Gasteiger partial charge in [-0.2, -0.15) is 0 Å². The number of carbonyl (C=O) groups is 2. The largest absolute Gasteiger partial charge is 0.756 e. The van der Waals surface area contributed by atoms with E-state index >= 15 is 0 Å². The third-order valence-corrected chi connectivity index (χ3v) is 9.50. The predicted octanol–water partition coefficient (Wildman–Crippen LogP) is 10.00. The maximum absolute atomic E-state index is 12.6. The highest BCUT2D eigenvalue weighted by atomic mass is 31.2. The van der Waals surface area contributed by atoms with Crippen LogP contribution in [-0.4, -0.2) is 70.0 Å². The lowest BCUT2D eigenvalue weighted by atomic mass is 10.0. The van der Waals surface area contributed by atoms with E-state index in [-0.39, 0.29) is 26.1 Å². The van der Waals surface area contributed by atoms with Crippen LogP contribution in [0.25, 0.3) is 0 Å². The molecule has 9 nitrogen and oxygen atoms in total. The predicted molar refractivity (Wildman–Crippen MR) is 199 cm³/mol. The number of carbonyl (C=O) groups excluding carboxylic acids is 2. The van der Waals surface area contributed by atoms with Gasteiger partial charge < -0.3 is 27.9 Å². The average Bonchev–Trinajstić information content (AvgIpc) is 3.04. The molecule has 0 aliphatic carbocycles. The number of allylic oxidation sites excluding steroid dienone is 2. The third-order valence-electron chi connectivity index (χ3n) is 8.54. The van der Waals surface area contributed by atoms with Crippen molar-refractivity contribution in [2.45, 2.75) is 180 Å². The normalized spacial score (nSPS) is 13.8. The topological polar surface area (TPSA) is 111 Å². The zero-order chi connectivity index (χ0) is 36.5. The van der Waals surface area contributed by atoms with Gasteiger partial charge in [0.1, 0.15) is 19.8 Å². The molecule has 2 atom stereocenters. The first-order valence-corrected chi connectivity index (χ1v) is 21.4. The van der Waals surface area contributed by atoms with Crippen molar-refractivity contribution in [3.63, 3.8) is 0 Å². The van der Waals surface area contributed by atoms with Gasteiger partial charge in [-0.25, -0.2) is 0 Å². The SMILES string of the molecule is CCCCC/C=C\CCCCCCCC(=O)OC[C@H](COP(=O)([O-])OCC[N+](C)(C)C)OC(=O)CCCCCCCCCCCCCCC. The maximum atomic E-state index is 12.6. The number of rotatable bonds is 36. The Morgan fingerprint density at radius 2 is 1.04 bits per heavy atom. The van der Waals surface area contributed by atoms with E-state index in [1.807, 2.05) is 21.1 Å². The molecule has 0 aliphatic heterocycles. The minimum absolute atomic E-state index is 0.0293. The number of likely N-dealkylation sites (N-methyl/N-ethyl adjacent to an activating group) is 1. The van der Waals surface area contributed by atoms with Crippen molar-refractivity contribution in [3.8, 4) is 0 Å². The van der Waals surface area contributed by atoms with E-state index in [0.717, 1.165) is 51.4 Å². The monoisotopic (exact) mass is 718 g/mol. The molecule has 0 radical (unpaired) electrons. The first kappa shape index (κ1) is 47.8. The first-order chi connectivity index (χ1) is 23.5. The Morgan fingerprint density at radius 3 is 1.55 bits per heavy atom. The fourth-order valence-corrected chi connectivity index (χ4v) is 6.08. The summed E-state index contributed by atoms with van der Waals surface area (Å²) in [5.74, 6) is -0.840. The van der Waals surface area contributed by atoms with Gasteiger partial charge in [-0.15, -0.1) is 0 Å². The van der Waals surface area contributed by atoms with E-state index in [2.05, 4.69) is 26.0 Å². The van der Waals surface area contributed by atoms with Crippen LogP contribution in [0.4, 0.5) is 0 Å². The first-order valence-electron chi connectivity index (χ1n) is 19.9. The Bertz CT molecular complexity index is 860. The highest BCUT2D eigenvalue weighted by molar-refractivity contribution is 7.45. The van der Waals surface area contributed by atoms with Crippen molar-refractivity contribution < 1.29 is 42.1 Å². The minimum Gasteiger partial charge on any atom is -0.756 e. The minimum atomic E-state index is -4.61. The Morgan fingerprint density at radius 1 is 0.612 bits per heavy atom. The van der Waals surface area contributed by atoms with Gasteiger partial charge in [-0.05, 0) is 38.5 Å². The van der Waals surface area contributed by atoms with Gasteiger partial charge >= 0.3 is 11.9 Å². The average molecular weight is 718 g/mol. The standard InChI is InChI=1S/C39H76NO8P/c1-6-8-10-12-14-16-18-20-22-24-26-28-30-32-39(42)48-37(36-47-49(43,44)46-34-33-40(3,4)5)35-45-38(41)31-29-27-25-23-21-19-17-15-13-11-9-7-2/h15,17,37H,6-14,16,18-36H2,1-5H3/b17-15-/t37-/m1/s1. The van der Waals surface area contributed by atoms with Crippen molar-refractivity contribution >= 4 is 19.8 Å². The number of hydrogen-bond donors (Lipinski definition) is 0. The number of phosphoric acid groups is 1. The molecule has 0 rings (SSSR count). The highest BCUT2D eigenvalue weighted by Crippen LogP contribution is 2.38. The summed E-state index contributed by atoms with van der Waals surface area (Å²) in [6.45, 7) is 4.19. The summed E-state index contributed by atoms with van der Waals surface area (Å²) in [7, 11) is 1.17. The molecule has 0 bridgehead atoms. The van der Waals surface area contributed by atoms with Gasteiger partial charge in [0.25, 0.3) is 7.82 Å². The van der Waals surface area contributed by atoms with Crippen molar-refractivity contribution in [1.29, 1.82) is 0 Å². The second-order valence-corrected chi connectivity index (χ2v) is 16.1. The highest BCUT2D eigenvalue weighted by Gasteiger charge is 2.21. The number of esters is 2. The zero-order valence-corrected chi connectivity index (χ0v) is 33.3. The lowest BCUT2D eigenvalue weighted by Gasteiger charge is -2.28. The summed E-state index contributed by atoms with van der Waals surface area (Å²) in [6.07, 6.45) is 30.9. The number of ether oxygens (including phenoxy) is 2. The van der Waals surface area contributed by atoms with E-state index in [1.165, 1.54) is 89.9 Å². The molecular weight excluding hydrogens is 641 g/mol. The van der Waals surface area contributed by atoms with Gasteiger partial charge in [0.15, 0.2) is 6.10 Å². The maximum Gasteiger partial charge on any atom is 0.306 e. The van der Waals surface area contributed by atoms with Gasteiger partial charge in [0.2, 0.25) is 0 Å². The summed E-state index contributed by atoms with van der Waals surface area (Å²) in [6, 6.07) is 0. The molecule has 49 heavy (non-hydrogen) atoms. The molecule has 0 heterocycles. The summed E-state index contributed by atoms with van der Waals surface area (Å²) in [5.41, 5.74) is 0. The summed E-state index contributed by atoms with van der Waals surface area (Å²) < 4.78 is 33.8. The molecule has 0 saturated carbocycles. The molecule has 0 aliphatic rings. The summed E-state index contributed by atoms with van der Waals surface area (Å²) in [4.78, 5) is 37.3. The molecule has 0 spiro atoms. The van der Waals surface area contributed by atoms with Crippen molar-refractivity contribution in [2.24, 2.45) is 0 Å². The van der Waals surface area contributed by atoms with Crippen LogP contribution in [0.15, 0.2) is 12.2 Å². The Kier molecular flexibility index (Phi) is 31.8. The van der Waals surface area contributed by atoms with Crippen LogP contribution in [0.3, 0.4) is 0 Å². The van der Waals surface area contributed by atoms with Crippen LogP contribution >= 0.6 is 7.82 Å². The Balaban J connectivity index is 4.42. The van der Waals surface area contributed by atoms with Crippen LogP contribution in [-0.2, 0) is 32.7 Å². The Labute approximate surface area is 301 Å². The second kappa shape index (κ2) is 32.6. The molecule has 1 unspecified atom stereocenters. The van der Waals surface area contributed by atoms with Crippen molar-refractivity contribution in [2.75, 3.05) is 47.5 Å². The quantitative estimate of drug-likeness (QED) is 0.0207. The van der Waals surface area contributed by atoms with Crippen LogP contribution in [0.5, 0.6) is 0 Å². The molecule has 290 valence electrons. The van der Waals surface area contributed by atoms with E-state index < -0.39 is 32.5 Å². The fraction of sp³-hybridized carbons (Fsp3) is 0.897. The van der Waals surface area contributed by atoms with Crippen molar-refractivity contribution in [3.05, 3.63) is 12.2 Å². The lowest BCUT2D eigenvalue weighted by molar-refractivity contribution is -0.870. The van der Waals surface area contributed by atoms with Crippen LogP contribution in [0.2, 0.25) is 0 Å². The number of unbranched alkanes of at least 4 members (excludes halogenated alkanes) is 20. The summed E-state index contributed by atoms with van der Waals surface area (Å²) >= 11 is 0. The molecule has 0 aromatic rings. The van der Waals surface area contributed by atoms with Gasteiger partial charge in [0, 0.05) is 12.8 Å². The molecule has 0 N–H and O–H groups in total. The molecule has 10 heteroatoms. The zero-order valence-electron chi connectivity index (χ0n) is 32.4. The second-order valence-electron chi connectivity index (χ2n) is 14.7. The number of quaternary nitrogens is 1. The van der Waals surface area contributed by atoms with Crippen molar-refractivity contribution in [1.82, 2.24) is 0 Å². The van der Waals surface area contributed by atoms with E-state index in [0.29, 0.717) is 17.4 Å². The Hall–Kier alpha value is -1.25. The molecular formula is C39H76NO8P. The number of nitrogens with zero attached hydrogens (tertiary/aromatic N) is 1. The third kappa shape index (κ3) is 36.3. The molecule has 0 amide bonds.